The molecule has 10 nitrogen and oxygen atoms in total. The molecule has 1 atom stereocenters. The minimum Gasteiger partial charge on any atom is -0.481 e. The summed E-state index contributed by atoms with van der Waals surface area (Å²) in [5, 5.41) is 17.7. The number of imidazole rings is 1. The van der Waals surface area contributed by atoms with E-state index in [4.69, 9.17) is 15.6 Å². The van der Waals surface area contributed by atoms with Crippen LogP contribution < -0.4 is 5.73 Å². The molecule has 4 fully saturated rings. The maximum Gasteiger partial charge on any atom is 0.354 e. The lowest BCUT2D eigenvalue weighted by Gasteiger charge is -2.49. The van der Waals surface area contributed by atoms with Crippen LogP contribution in [0.2, 0.25) is 0 Å². The third-order valence-electron chi connectivity index (χ3n) is 6.61. The van der Waals surface area contributed by atoms with Gasteiger partial charge in [0.25, 0.3) is 0 Å². The maximum absolute atomic E-state index is 11.3. The molecule has 0 radical (unpaired) electrons. The second-order valence-corrected chi connectivity index (χ2v) is 9.03. The number of carboxylic acids is 2. The van der Waals surface area contributed by atoms with Crippen LogP contribution in [0, 0.1) is 23.7 Å². The molecule has 2 heterocycles. The van der Waals surface area contributed by atoms with E-state index in [9.17, 15) is 14.7 Å². The smallest absolute Gasteiger partial charge is 0.354 e. The highest BCUT2D eigenvalue weighted by atomic mass is 16.5. The highest BCUT2D eigenvalue weighted by molar-refractivity contribution is 5.76. The molecule has 4 aliphatic rings. The van der Waals surface area contributed by atoms with Crippen LogP contribution in [0.1, 0.15) is 57.6 Å². The number of carbonyl (C=O) groups is 2. The Balaban J connectivity index is 0.000000188. The number of ether oxygens (including phenoxy) is 1. The van der Waals surface area contributed by atoms with Crippen molar-refractivity contribution >= 4 is 29.1 Å². The Morgan fingerprint density at radius 1 is 1.06 bits per heavy atom. The molecule has 4 N–H and O–H groups in total. The van der Waals surface area contributed by atoms with E-state index in [1.807, 2.05) is 0 Å². The van der Waals surface area contributed by atoms with Crippen LogP contribution in [0.3, 0.4) is 0 Å². The molecule has 168 valence electrons. The molecule has 4 saturated carbocycles. The molecule has 1 unspecified atom stereocenters. The molecule has 2 aromatic rings. The number of fused-ring (bicyclic) bond motifs is 1. The van der Waals surface area contributed by atoms with Gasteiger partial charge < -0.3 is 20.7 Å². The number of nitrogens with two attached hydrogens (primary N) is 1. The van der Waals surface area contributed by atoms with E-state index in [1.165, 1.54) is 40.8 Å². The third-order valence-corrected chi connectivity index (χ3v) is 6.61. The highest BCUT2D eigenvalue weighted by Crippen LogP contribution is 2.53. The molecule has 2 aromatic heterocycles. The molecule has 0 spiro atoms. The van der Waals surface area contributed by atoms with Gasteiger partial charge >= 0.3 is 11.9 Å². The lowest BCUT2D eigenvalue weighted by molar-refractivity contribution is -0.157. The van der Waals surface area contributed by atoms with Gasteiger partial charge in [-0.1, -0.05) is 0 Å². The molecule has 4 bridgehead atoms. The van der Waals surface area contributed by atoms with Gasteiger partial charge in [0.05, 0.1) is 19.1 Å². The second-order valence-electron chi connectivity index (χ2n) is 9.03. The standard InChI is InChI=1S/C11H13N5O5.C10H16/c12-11-13-4-6-8(15-11)16(5-14-6)9(10(19)20)21-3-1-2-7(17)18;1-7-2-9-4-8(1)5-10(3-7)6-9/h4-5,9H,1-3H2,(H,17,18)(H,19,20)(H2,12,13,15);7-10H,1-6H2. The fourth-order valence-electron chi connectivity index (χ4n) is 5.68. The van der Waals surface area contributed by atoms with Crippen molar-refractivity contribution in [2.45, 2.75) is 57.6 Å². The van der Waals surface area contributed by atoms with Crippen molar-refractivity contribution in [1.82, 2.24) is 19.5 Å². The zero-order valence-electron chi connectivity index (χ0n) is 17.4. The summed E-state index contributed by atoms with van der Waals surface area (Å²) in [5.41, 5.74) is 6.08. The number of nitrogens with zero attached hydrogens (tertiary/aromatic N) is 4. The number of nitrogen functional groups attached to an aromatic ring is 1. The summed E-state index contributed by atoms with van der Waals surface area (Å²) in [6, 6.07) is 0. The molecule has 10 heteroatoms. The van der Waals surface area contributed by atoms with Crippen molar-refractivity contribution in [1.29, 1.82) is 0 Å². The van der Waals surface area contributed by atoms with Gasteiger partial charge in [-0.05, 0) is 68.6 Å². The van der Waals surface area contributed by atoms with Gasteiger partial charge in [-0.2, -0.15) is 4.98 Å². The third kappa shape index (κ3) is 5.12. The van der Waals surface area contributed by atoms with Gasteiger partial charge in [0.1, 0.15) is 5.52 Å². The van der Waals surface area contributed by atoms with Crippen molar-refractivity contribution in [2.75, 3.05) is 12.3 Å². The van der Waals surface area contributed by atoms with Crippen LogP contribution >= 0.6 is 0 Å². The van der Waals surface area contributed by atoms with Gasteiger partial charge in [0.15, 0.2) is 5.65 Å². The Kier molecular flexibility index (Phi) is 6.35. The summed E-state index contributed by atoms with van der Waals surface area (Å²) in [7, 11) is 0. The number of anilines is 1. The summed E-state index contributed by atoms with van der Waals surface area (Å²) >= 11 is 0. The Morgan fingerprint density at radius 3 is 2.16 bits per heavy atom. The van der Waals surface area contributed by atoms with E-state index < -0.39 is 18.2 Å². The van der Waals surface area contributed by atoms with Crippen LogP contribution in [0.4, 0.5) is 5.95 Å². The topological polar surface area (TPSA) is 153 Å². The van der Waals surface area contributed by atoms with Gasteiger partial charge in [0.2, 0.25) is 12.2 Å². The largest absolute Gasteiger partial charge is 0.481 e. The van der Waals surface area contributed by atoms with E-state index in [-0.39, 0.29) is 31.0 Å². The average molecular weight is 431 g/mol. The quantitative estimate of drug-likeness (QED) is 0.561. The fourth-order valence-corrected chi connectivity index (χ4v) is 5.68. The van der Waals surface area contributed by atoms with E-state index in [0.717, 1.165) is 0 Å². The zero-order valence-corrected chi connectivity index (χ0v) is 17.4. The minimum atomic E-state index is -1.36. The van der Waals surface area contributed by atoms with E-state index in [2.05, 4.69) is 15.0 Å². The molecule has 0 aliphatic heterocycles. The summed E-state index contributed by atoms with van der Waals surface area (Å²) < 4.78 is 6.41. The molecular formula is C21H29N5O5. The monoisotopic (exact) mass is 431 g/mol. The molecule has 6 rings (SSSR count). The highest BCUT2D eigenvalue weighted by Gasteiger charge is 2.41. The van der Waals surface area contributed by atoms with E-state index >= 15 is 0 Å². The Hall–Kier alpha value is -2.75. The van der Waals surface area contributed by atoms with Crippen LogP contribution in [0.5, 0.6) is 0 Å². The van der Waals surface area contributed by atoms with E-state index in [1.54, 1.807) is 38.5 Å². The summed E-state index contributed by atoms with van der Waals surface area (Å²) in [5.74, 6) is 2.47. The van der Waals surface area contributed by atoms with Crippen molar-refractivity contribution < 1.29 is 24.5 Å². The first-order chi connectivity index (χ1) is 14.9. The number of aromatic nitrogens is 4. The first-order valence-electron chi connectivity index (χ1n) is 10.9. The first-order valence-corrected chi connectivity index (χ1v) is 10.9. The first kappa shape index (κ1) is 21.5. The Bertz CT molecular complexity index is 889. The molecule has 31 heavy (non-hydrogen) atoms. The second kappa shape index (κ2) is 9.17. The molecular weight excluding hydrogens is 402 g/mol. The average Bonchev–Trinajstić information content (AvgIpc) is 3.09. The van der Waals surface area contributed by atoms with Crippen molar-refractivity contribution in [3.05, 3.63) is 12.5 Å². The predicted molar refractivity (Wildman–Crippen MR) is 111 cm³/mol. The van der Waals surface area contributed by atoms with E-state index in [0.29, 0.717) is 5.52 Å². The number of hydrogen-bond donors (Lipinski definition) is 3. The minimum absolute atomic E-state index is 0.0146. The Labute approximate surface area is 179 Å². The normalized spacial score (nSPS) is 27.0. The van der Waals surface area contributed by atoms with Crippen LogP contribution in [0.25, 0.3) is 11.2 Å². The predicted octanol–water partition coefficient (Wildman–Crippen LogP) is 2.71. The number of rotatable bonds is 7. The summed E-state index contributed by atoms with van der Waals surface area (Å²) in [6.07, 6.45) is 11.0. The SMILES string of the molecule is C1C2CC3CC1CC(C2)C3.Nc1ncc2ncn(C(OCCCC(=O)O)C(=O)O)c2n1. The summed E-state index contributed by atoms with van der Waals surface area (Å²) in [4.78, 5) is 33.3. The fraction of sp³-hybridized carbons (Fsp3) is 0.667. The van der Waals surface area contributed by atoms with Crippen molar-refractivity contribution in [3.8, 4) is 0 Å². The van der Waals surface area contributed by atoms with Gasteiger partial charge in [-0.15, -0.1) is 0 Å². The van der Waals surface area contributed by atoms with Crippen LogP contribution in [-0.4, -0.2) is 48.3 Å². The van der Waals surface area contributed by atoms with Crippen molar-refractivity contribution in [3.63, 3.8) is 0 Å². The molecule has 4 aliphatic carbocycles. The van der Waals surface area contributed by atoms with Crippen LogP contribution in [0.15, 0.2) is 12.5 Å². The van der Waals surface area contributed by atoms with Crippen LogP contribution in [-0.2, 0) is 14.3 Å². The van der Waals surface area contributed by atoms with Gasteiger partial charge in [-0.25, -0.2) is 14.8 Å². The molecule has 0 amide bonds. The number of hydrogen-bond acceptors (Lipinski definition) is 7. The Morgan fingerprint density at radius 2 is 1.65 bits per heavy atom. The van der Waals surface area contributed by atoms with Crippen molar-refractivity contribution in [2.24, 2.45) is 23.7 Å². The molecule has 0 saturated heterocycles. The van der Waals surface area contributed by atoms with Gasteiger partial charge in [0, 0.05) is 6.42 Å². The lowest BCUT2D eigenvalue weighted by Crippen LogP contribution is -2.38. The van der Waals surface area contributed by atoms with Gasteiger partial charge in [-0.3, -0.25) is 9.36 Å². The molecule has 0 aromatic carbocycles. The lowest BCUT2D eigenvalue weighted by atomic mass is 9.56. The number of carboxylic acid groups (broad SMARTS) is 2. The zero-order chi connectivity index (χ0) is 22.0. The summed E-state index contributed by atoms with van der Waals surface area (Å²) in [6.45, 7) is -0.0243. The number of aliphatic carboxylic acids is 2. The maximum atomic E-state index is 11.3.